The molecule has 0 fully saturated rings. The molecule has 114 valence electrons. The first kappa shape index (κ1) is 14.6. The predicted molar refractivity (Wildman–Crippen MR) is 82.1 cm³/mol. The summed E-state index contributed by atoms with van der Waals surface area (Å²) in [7, 11) is 2.95. The van der Waals surface area contributed by atoms with Gasteiger partial charge in [0.25, 0.3) is 0 Å². The molecule has 0 N–H and O–H groups in total. The van der Waals surface area contributed by atoms with Gasteiger partial charge in [-0.25, -0.2) is 4.79 Å². The zero-order valence-corrected chi connectivity index (χ0v) is 12.9. The van der Waals surface area contributed by atoms with E-state index in [1.54, 1.807) is 13.2 Å². The summed E-state index contributed by atoms with van der Waals surface area (Å²) in [5, 5.41) is 7.84. The van der Waals surface area contributed by atoms with Crippen LogP contribution in [0.4, 0.5) is 11.4 Å². The Morgan fingerprint density at radius 1 is 1.23 bits per heavy atom. The van der Waals surface area contributed by atoms with Gasteiger partial charge in [-0.2, -0.15) is 0 Å². The van der Waals surface area contributed by atoms with Crippen molar-refractivity contribution in [3.63, 3.8) is 0 Å². The Balaban J connectivity index is 2.07. The summed E-state index contributed by atoms with van der Waals surface area (Å²) in [4.78, 5) is 13.9. The summed E-state index contributed by atoms with van der Waals surface area (Å²) in [5.74, 6) is 0.265. The zero-order valence-electron chi connectivity index (χ0n) is 12.2. The molecule has 0 amide bonds. The lowest BCUT2D eigenvalue weighted by molar-refractivity contribution is 0.0593. The number of anilines is 2. The van der Waals surface area contributed by atoms with Crippen LogP contribution in [0.15, 0.2) is 24.3 Å². The minimum absolute atomic E-state index is 0.149. The Bertz CT molecular complexity index is 736. The van der Waals surface area contributed by atoms with Gasteiger partial charge >= 0.3 is 5.97 Å². The fourth-order valence-electron chi connectivity index (χ4n) is 2.56. The van der Waals surface area contributed by atoms with Crippen molar-refractivity contribution in [1.82, 2.24) is 10.2 Å². The third kappa shape index (κ3) is 2.46. The number of ether oxygens (including phenoxy) is 2. The molecule has 3 rings (SSSR count). The first-order valence-corrected chi connectivity index (χ1v) is 7.08. The molecular formula is C15H14ClN3O3. The number of rotatable bonds is 3. The van der Waals surface area contributed by atoms with E-state index in [9.17, 15) is 4.79 Å². The fraction of sp³-hybridized carbons (Fsp3) is 0.267. The quantitative estimate of drug-likeness (QED) is 0.810. The molecule has 1 aromatic heterocycles. The lowest BCUT2D eigenvalue weighted by atomic mass is 10.1. The van der Waals surface area contributed by atoms with E-state index >= 15 is 0 Å². The molecule has 0 saturated carbocycles. The molecule has 0 spiro atoms. The molecule has 0 saturated heterocycles. The van der Waals surface area contributed by atoms with Crippen LogP contribution in [-0.4, -0.2) is 36.9 Å². The molecule has 1 aliphatic heterocycles. The summed E-state index contributed by atoms with van der Waals surface area (Å²) in [5.41, 5.74) is 2.88. The maximum atomic E-state index is 11.9. The van der Waals surface area contributed by atoms with Crippen LogP contribution in [0.3, 0.4) is 0 Å². The van der Waals surface area contributed by atoms with E-state index in [1.165, 1.54) is 7.11 Å². The molecule has 7 heteroatoms. The van der Waals surface area contributed by atoms with E-state index < -0.39 is 5.97 Å². The summed E-state index contributed by atoms with van der Waals surface area (Å²) < 4.78 is 10.0. The Kier molecular flexibility index (Phi) is 3.85. The Hall–Kier alpha value is -2.34. The average Bonchev–Trinajstić information content (AvgIpc) is 2.96. The number of benzene rings is 1. The number of hydrogen-bond acceptors (Lipinski definition) is 6. The van der Waals surface area contributed by atoms with Crippen molar-refractivity contribution >= 4 is 28.9 Å². The zero-order chi connectivity index (χ0) is 15.7. The van der Waals surface area contributed by atoms with Crippen LogP contribution in [0, 0.1) is 0 Å². The molecule has 0 unspecified atom stereocenters. The number of hydrogen-bond donors (Lipinski definition) is 0. The summed E-state index contributed by atoms with van der Waals surface area (Å²) in [6.07, 6.45) is 0.840. The van der Waals surface area contributed by atoms with Crippen molar-refractivity contribution in [1.29, 1.82) is 0 Å². The number of aromatic nitrogens is 2. The Morgan fingerprint density at radius 3 is 2.77 bits per heavy atom. The third-order valence-corrected chi connectivity index (χ3v) is 3.78. The van der Waals surface area contributed by atoms with Crippen LogP contribution < -0.4 is 9.64 Å². The van der Waals surface area contributed by atoms with Crippen LogP contribution >= 0.6 is 11.6 Å². The number of carbonyl (C=O) groups excluding carboxylic acids is 1. The van der Waals surface area contributed by atoms with Gasteiger partial charge in [-0.05, 0) is 30.2 Å². The van der Waals surface area contributed by atoms with Crippen LogP contribution in [0.1, 0.15) is 16.1 Å². The Morgan fingerprint density at radius 2 is 2.05 bits per heavy atom. The molecule has 0 aliphatic carbocycles. The highest BCUT2D eigenvalue weighted by molar-refractivity contribution is 6.29. The lowest BCUT2D eigenvalue weighted by Crippen LogP contribution is -2.19. The van der Waals surface area contributed by atoms with Crippen LogP contribution in [0.5, 0.6) is 5.75 Å². The first-order chi connectivity index (χ1) is 10.6. The standard InChI is InChI=1S/C15H14ClN3O3/c1-21-10-3-4-11-9(7-10)5-6-19(11)12-8-13(16)17-18-14(12)15(20)22-2/h3-4,7-8H,5-6H2,1-2H3. The van der Waals surface area contributed by atoms with E-state index in [1.807, 2.05) is 23.1 Å². The maximum absolute atomic E-state index is 11.9. The molecule has 0 atom stereocenters. The highest BCUT2D eigenvalue weighted by atomic mass is 35.5. The molecule has 1 aromatic carbocycles. The van der Waals surface area contributed by atoms with Crippen LogP contribution in [0.2, 0.25) is 5.15 Å². The molecular weight excluding hydrogens is 306 g/mol. The molecule has 1 aliphatic rings. The van der Waals surface area contributed by atoms with E-state index in [4.69, 9.17) is 21.1 Å². The molecule has 6 nitrogen and oxygen atoms in total. The van der Waals surface area contributed by atoms with Crippen molar-refractivity contribution in [3.8, 4) is 5.75 Å². The highest BCUT2D eigenvalue weighted by Crippen LogP contribution is 2.38. The molecule has 2 aromatic rings. The van der Waals surface area contributed by atoms with E-state index in [-0.39, 0.29) is 10.8 Å². The van der Waals surface area contributed by atoms with Gasteiger partial charge in [0.15, 0.2) is 10.8 Å². The molecule has 2 heterocycles. The number of halogens is 1. The molecule has 22 heavy (non-hydrogen) atoms. The first-order valence-electron chi connectivity index (χ1n) is 6.70. The van der Waals surface area contributed by atoms with Crippen LogP contribution in [-0.2, 0) is 11.2 Å². The molecule has 0 bridgehead atoms. The van der Waals surface area contributed by atoms with Gasteiger partial charge in [0.2, 0.25) is 0 Å². The van der Waals surface area contributed by atoms with Gasteiger partial charge in [-0.3, -0.25) is 0 Å². The van der Waals surface area contributed by atoms with Gasteiger partial charge in [-0.1, -0.05) is 11.6 Å². The second kappa shape index (κ2) is 5.81. The van der Waals surface area contributed by atoms with Gasteiger partial charge < -0.3 is 14.4 Å². The minimum atomic E-state index is -0.541. The van der Waals surface area contributed by atoms with E-state index in [0.717, 1.165) is 23.4 Å². The van der Waals surface area contributed by atoms with E-state index in [2.05, 4.69) is 10.2 Å². The fourth-order valence-corrected chi connectivity index (χ4v) is 2.70. The monoisotopic (exact) mass is 319 g/mol. The van der Waals surface area contributed by atoms with Crippen molar-refractivity contribution in [3.05, 3.63) is 40.7 Å². The Labute approximate surface area is 132 Å². The van der Waals surface area contributed by atoms with Gasteiger partial charge in [-0.15, -0.1) is 10.2 Å². The summed E-state index contributed by atoms with van der Waals surface area (Å²) in [6.45, 7) is 0.717. The van der Waals surface area contributed by atoms with Crippen molar-refractivity contribution < 1.29 is 14.3 Å². The normalized spacial score (nSPS) is 13.0. The molecule has 0 radical (unpaired) electrons. The van der Waals surface area contributed by atoms with Gasteiger partial charge in [0, 0.05) is 18.3 Å². The minimum Gasteiger partial charge on any atom is -0.497 e. The summed E-state index contributed by atoms with van der Waals surface area (Å²) >= 11 is 5.95. The van der Waals surface area contributed by atoms with Crippen molar-refractivity contribution in [2.24, 2.45) is 0 Å². The van der Waals surface area contributed by atoms with Crippen LogP contribution in [0.25, 0.3) is 0 Å². The average molecular weight is 320 g/mol. The highest BCUT2D eigenvalue weighted by Gasteiger charge is 2.27. The summed E-state index contributed by atoms with van der Waals surface area (Å²) in [6, 6.07) is 7.45. The topological polar surface area (TPSA) is 64.5 Å². The lowest BCUT2D eigenvalue weighted by Gasteiger charge is -2.21. The smallest absolute Gasteiger partial charge is 0.360 e. The van der Waals surface area contributed by atoms with Crippen molar-refractivity contribution in [2.75, 3.05) is 25.7 Å². The number of fused-ring (bicyclic) bond motifs is 1. The van der Waals surface area contributed by atoms with E-state index in [0.29, 0.717) is 12.2 Å². The number of methoxy groups -OCH3 is 2. The number of esters is 1. The predicted octanol–water partition coefficient (Wildman–Crippen LogP) is 2.62. The second-order valence-corrected chi connectivity index (χ2v) is 5.18. The third-order valence-electron chi connectivity index (χ3n) is 3.60. The van der Waals surface area contributed by atoms with Gasteiger partial charge in [0.1, 0.15) is 5.75 Å². The SMILES string of the molecule is COC(=O)c1nnc(Cl)cc1N1CCc2cc(OC)ccc21. The largest absolute Gasteiger partial charge is 0.497 e. The number of carbonyl (C=O) groups is 1. The number of nitrogens with zero attached hydrogens (tertiary/aromatic N) is 3. The van der Waals surface area contributed by atoms with Crippen molar-refractivity contribution in [2.45, 2.75) is 6.42 Å². The van der Waals surface area contributed by atoms with Gasteiger partial charge in [0.05, 0.1) is 19.9 Å². The maximum Gasteiger partial charge on any atom is 0.360 e. The second-order valence-electron chi connectivity index (χ2n) is 4.79.